The van der Waals surface area contributed by atoms with Crippen LogP contribution < -0.4 is 15.8 Å². The van der Waals surface area contributed by atoms with Gasteiger partial charge in [0.2, 0.25) is 0 Å². The second kappa shape index (κ2) is 5.51. The van der Waals surface area contributed by atoms with E-state index in [2.05, 4.69) is 26.0 Å². The fraction of sp³-hybridized carbons (Fsp3) is 0.417. The highest BCUT2D eigenvalue weighted by atomic mass is 79.9. The maximum absolute atomic E-state index is 12.3. The Bertz CT molecular complexity index is 530. The zero-order chi connectivity index (χ0) is 14.9. The van der Waals surface area contributed by atoms with E-state index in [0.29, 0.717) is 0 Å². The first-order chi connectivity index (χ1) is 9.26. The molecule has 3 N–H and O–H groups in total. The Morgan fingerprint density at radius 2 is 2.05 bits per heavy atom. The van der Waals surface area contributed by atoms with Gasteiger partial charge < -0.3 is 15.8 Å². The predicted octanol–water partition coefficient (Wildman–Crippen LogP) is 3.21. The predicted molar refractivity (Wildman–Crippen MR) is 70.3 cm³/mol. The summed E-state index contributed by atoms with van der Waals surface area (Å²) in [5.41, 5.74) is 5.22. The number of hydrogen-bond donors (Lipinski definition) is 2. The van der Waals surface area contributed by atoms with Crippen molar-refractivity contribution in [1.82, 2.24) is 5.32 Å². The Labute approximate surface area is 121 Å². The molecule has 1 aromatic rings. The van der Waals surface area contributed by atoms with Gasteiger partial charge in [-0.05, 0) is 31.4 Å². The molecule has 1 aliphatic rings. The molecule has 20 heavy (non-hydrogen) atoms. The molecular weight excluding hydrogens is 341 g/mol. The minimum absolute atomic E-state index is 0.0366. The van der Waals surface area contributed by atoms with Gasteiger partial charge >= 0.3 is 6.36 Å². The second-order valence-electron chi connectivity index (χ2n) is 4.51. The molecule has 0 radical (unpaired) electrons. The molecule has 1 amide bonds. The molecule has 1 aliphatic carbocycles. The quantitative estimate of drug-likeness (QED) is 0.821. The minimum Gasteiger partial charge on any atom is -0.404 e. The summed E-state index contributed by atoms with van der Waals surface area (Å²) in [6, 6.07) is 2.50. The molecule has 2 rings (SSSR count). The summed E-state index contributed by atoms with van der Waals surface area (Å²) < 4.78 is 40.9. The van der Waals surface area contributed by atoms with E-state index in [0.717, 1.165) is 25.3 Å². The lowest BCUT2D eigenvalue weighted by atomic mass is 9.93. The molecule has 1 aromatic carbocycles. The molecule has 4 nitrogen and oxygen atoms in total. The molecule has 0 heterocycles. The van der Waals surface area contributed by atoms with Gasteiger partial charge in [-0.3, -0.25) is 4.79 Å². The van der Waals surface area contributed by atoms with Crippen LogP contribution in [-0.4, -0.2) is 18.3 Å². The fourth-order valence-corrected chi connectivity index (χ4v) is 2.24. The first-order valence-electron chi connectivity index (χ1n) is 5.92. The molecule has 0 aliphatic heterocycles. The number of nitrogen functional groups attached to an aromatic ring is 1. The van der Waals surface area contributed by atoms with Gasteiger partial charge in [-0.25, -0.2) is 0 Å². The van der Waals surface area contributed by atoms with Crippen LogP contribution in [0.15, 0.2) is 16.6 Å². The number of amides is 1. The average Bonchev–Trinajstić information content (AvgIpc) is 2.25. The van der Waals surface area contributed by atoms with E-state index in [-0.39, 0.29) is 21.8 Å². The molecule has 0 unspecified atom stereocenters. The minimum atomic E-state index is -4.86. The molecule has 1 saturated carbocycles. The monoisotopic (exact) mass is 352 g/mol. The van der Waals surface area contributed by atoms with Gasteiger partial charge in [-0.15, -0.1) is 13.2 Å². The number of hydrogen-bond acceptors (Lipinski definition) is 3. The van der Waals surface area contributed by atoms with Crippen molar-refractivity contribution in [3.63, 3.8) is 0 Å². The highest BCUT2D eigenvalue weighted by Crippen LogP contribution is 2.34. The molecule has 1 fully saturated rings. The van der Waals surface area contributed by atoms with Crippen molar-refractivity contribution >= 4 is 27.5 Å². The van der Waals surface area contributed by atoms with Gasteiger partial charge in [-0.1, -0.05) is 15.9 Å². The topological polar surface area (TPSA) is 64.3 Å². The second-order valence-corrected chi connectivity index (χ2v) is 5.43. The molecule has 0 saturated heterocycles. The number of carbonyl (C=O) groups is 1. The average molecular weight is 353 g/mol. The van der Waals surface area contributed by atoms with Gasteiger partial charge in [0.1, 0.15) is 0 Å². The van der Waals surface area contributed by atoms with Crippen LogP contribution in [0.1, 0.15) is 29.6 Å². The Kier molecular flexibility index (Phi) is 4.12. The van der Waals surface area contributed by atoms with Crippen LogP contribution in [0.2, 0.25) is 0 Å². The van der Waals surface area contributed by atoms with Crippen LogP contribution in [-0.2, 0) is 0 Å². The third kappa shape index (κ3) is 3.56. The number of alkyl halides is 3. The SMILES string of the molecule is Nc1c(OC(F)(F)F)cc(Br)cc1C(=O)NC1CCC1. The maximum atomic E-state index is 12.3. The number of nitrogens with two attached hydrogens (primary N) is 1. The molecule has 110 valence electrons. The zero-order valence-corrected chi connectivity index (χ0v) is 11.8. The Morgan fingerprint density at radius 1 is 1.40 bits per heavy atom. The van der Waals surface area contributed by atoms with Crippen molar-refractivity contribution in [1.29, 1.82) is 0 Å². The molecular formula is C12H12BrF3N2O2. The standard InChI is InChI=1S/C12H12BrF3N2O2/c13-6-4-8(11(19)18-7-2-1-3-7)10(17)9(5-6)20-12(14,15)16/h4-5,7H,1-3,17H2,(H,18,19). The number of carbonyl (C=O) groups excluding carboxylic acids is 1. The van der Waals surface area contributed by atoms with Crippen LogP contribution in [0.3, 0.4) is 0 Å². The van der Waals surface area contributed by atoms with Crippen LogP contribution >= 0.6 is 15.9 Å². The third-order valence-corrected chi connectivity index (χ3v) is 3.48. The molecule has 0 atom stereocenters. The lowest BCUT2D eigenvalue weighted by Gasteiger charge is -2.26. The number of rotatable bonds is 3. The van der Waals surface area contributed by atoms with Crippen molar-refractivity contribution < 1.29 is 22.7 Å². The number of benzene rings is 1. The number of anilines is 1. The molecule has 0 bridgehead atoms. The van der Waals surface area contributed by atoms with Crippen molar-refractivity contribution in [3.05, 3.63) is 22.2 Å². The molecule has 0 aromatic heterocycles. The first kappa shape index (κ1) is 15.0. The Hall–Kier alpha value is -1.44. The van der Waals surface area contributed by atoms with E-state index in [1.54, 1.807) is 0 Å². The van der Waals surface area contributed by atoms with Gasteiger partial charge in [-0.2, -0.15) is 0 Å². The largest absolute Gasteiger partial charge is 0.573 e. The van der Waals surface area contributed by atoms with E-state index < -0.39 is 18.0 Å². The van der Waals surface area contributed by atoms with Crippen molar-refractivity contribution in [3.8, 4) is 5.75 Å². The first-order valence-corrected chi connectivity index (χ1v) is 6.71. The van der Waals surface area contributed by atoms with Crippen LogP contribution in [0.25, 0.3) is 0 Å². The summed E-state index contributed by atoms with van der Waals surface area (Å²) in [5, 5.41) is 2.71. The summed E-state index contributed by atoms with van der Waals surface area (Å²) in [4.78, 5) is 12.0. The molecule has 0 spiro atoms. The van der Waals surface area contributed by atoms with Gasteiger partial charge in [0.05, 0.1) is 11.3 Å². The normalized spacial score (nSPS) is 15.6. The highest BCUT2D eigenvalue weighted by molar-refractivity contribution is 9.10. The van der Waals surface area contributed by atoms with Crippen molar-refractivity contribution in [2.24, 2.45) is 0 Å². The highest BCUT2D eigenvalue weighted by Gasteiger charge is 2.33. The maximum Gasteiger partial charge on any atom is 0.573 e. The zero-order valence-electron chi connectivity index (χ0n) is 10.3. The van der Waals surface area contributed by atoms with Gasteiger partial charge in [0.25, 0.3) is 5.91 Å². The smallest absolute Gasteiger partial charge is 0.404 e. The van der Waals surface area contributed by atoms with Crippen LogP contribution in [0.4, 0.5) is 18.9 Å². The summed E-state index contributed by atoms with van der Waals surface area (Å²) in [5.74, 6) is -1.09. The summed E-state index contributed by atoms with van der Waals surface area (Å²) in [6.45, 7) is 0. The van der Waals surface area contributed by atoms with Crippen molar-refractivity contribution in [2.45, 2.75) is 31.7 Å². The lowest BCUT2D eigenvalue weighted by molar-refractivity contribution is -0.274. The van der Waals surface area contributed by atoms with E-state index in [1.807, 2.05) is 0 Å². The van der Waals surface area contributed by atoms with Gasteiger partial charge in [0, 0.05) is 10.5 Å². The van der Waals surface area contributed by atoms with E-state index in [4.69, 9.17) is 5.73 Å². The van der Waals surface area contributed by atoms with Crippen molar-refractivity contribution in [2.75, 3.05) is 5.73 Å². The fourth-order valence-electron chi connectivity index (χ4n) is 1.81. The van der Waals surface area contributed by atoms with Gasteiger partial charge in [0.15, 0.2) is 5.75 Å². The van der Waals surface area contributed by atoms with E-state index in [1.165, 1.54) is 6.07 Å². The molecule has 8 heteroatoms. The summed E-state index contributed by atoms with van der Waals surface area (Å²) in [7, 11) is 0. The Balaban J connectivity index is 2.25. The summed E-state index contributed by atoms with van der Waals surface area (Å²) in [6.07, 6.45) is -2.10. The third-order valence-electron chi connectivity index (χ3n) is 3.02. The van der Waals surface area contributed by atoms with Crippen LogP contribution in [0, 0.1) is 0 Å². The number of nitrogens with one attached hydrogen (secondary N) is 1. The number of ether oxygens (including phenoxy) is 1. The number of halogens is 4. The van der Waals surface area contributed by atoms with E-state index in [9.17, 15) is 18.0 Å². The summed E-state index contributed by atoms with van der Waals surface area (Å²) >= 11 is 3.04. The lowest BCUT2D eigenvalue weighted by Crippen LogP contribution is -2.39. The Morgan fingerprint density at radius 3 is 2.55 bits per heavy atom. The van der Waals surface area contributed by atoms with Crippen LogP contribution in [0.5, 0.6) is 5.75 Å². The van der Waals surface area contributed by atoms with E-state index >= 15 is 0 Å².